The number of nitrogens with zero attached hydrogens (tertiary/aromatic N) is 2. The van der Waals surface area contributed by atoms with Gasteiger partial charge in [0.15, 0.2) is 16.4 Å². The number of rotatable bonds is 7. The van der Waals surface area contributed by atoms with Crippen molar-refractivity contribution < 1.29 is 31.1 Å². The van der Waals surface area contributed by atoms with Crippen LogP contribution < -0.4 is 10.1 Å². The monoisotopic (exact) mass is 473 g/mol. The Bertz CT molecular complexity index is 1040. The Kier molecular flexibility index (Phi) is 6.54. The molecule has 0 aromatic heterocycles. The van der Waals surface area contributed by atoms with Crippen molar-refractivity contribution in [2.24, 2.45) is 0 Å². The molecule has 0 radical (unpaired) electrons. The van der Waals surface area contributed by atoms with Gasteiger partial charge >= 0.3 is 0 Å². The summed E-state index contributed by atoms with van der Waals surface area (Å²) < 4.78 is 63.1. The molecule has 1 atom stereocenters. The first kappa shape index (κ1) is 22.5. The lowest BCUT2D eigenvalue weighted by Gasteiger charge is -2.30. The Hall–Kier alpha value is -1.73. The molecule has 1 unspecified atom stereocenters. The number of fused-ring (bicyclic) bond motifs is 1. The molecule has 172 valence electrons. The Morgan fingerprint density at radius 3 is 2.71 bits per heavy atom. The number of sulfonamides is 1. The van der Waals surface area contributed by atoms with Gasteiger partial charge in [0.2, 0.25) is 10.0 Å². The highest BCUT2D eigenvalue weighted by Crippen LogP contribution is 2.33. The molecule has 3 heterocycles. The average Bonchev–Trinajstić information content (AvgIpc) is 3.10. The summed E-state index contributed by atoms with van der Waals surface area (Å²) in [7, 11) is -7.23. The molecular weight excluding hydrogens is 446 g/mol. The minimum absolute atomic E-state index is 0.00715. The molecule has 2 fully saturated rings. The lowest BCUT2D eigenvalue weighted by atomic mass is 10.2. The number of hydrogen-bond donors (Lipinski definition) is 1. The maximum Gasteiger partial charge on any atom is 0.262 e. The fourth-order valence-electron chi connectivity index (χ4n) is 4.13. The van der Waals surface area contributed by atoms with E-state index in [4.69, 9.17) is 9.47 Å². The Balaban J connectivity index is 1.55. The molecule has 12 heteroatoms. The standard InChI is InChI=1S/C19H27N3O7S2/c23-19-13-29-18-3-2-16(12-17(18)20-19)31(26,27)22(15-4-11-30(24,25)14-15)6-1-5-21-7-9-28-10-8-21/h2-3,12,15H,1,4-11,13-14H2,(H,20,23). The summed E-state index contributed by atoms with van der Waals surface area (Å²) >= 11 is 0. The fraction of sp³-hybridized carbons (Fsp3) is 0.632. The van der Waals surface area contributed by atoms with E-state index in [1.807, 2.05) is 0 Å². The van der Waals surface area contributed by atoms with Gasteiger partial charge < -0.3 is 14.8 Å². The molecule has 4 rings (SSSR count). The average molecular weight is 474 g/mol. The summed E-state index contributed by atoms with van der Waals surface area (Å²) in [5.41, 5.74) is 0.296. The van der Waals surface area contributed by atoms with Crippen molar-refractivity contribution in [2.75, 3.05) is 62.8 Å². The van der Waals surface area contributed by atoms with Gasteiger partial charge in [0.1, 0.15) is 5.75 Å². The van der Waals surface area contributed by atoms with Crippen LogP contribution in [0.3, 0.4) is 0 Å². The summed E-state index contributed by atoms with van der Waals surface area (Å²) in [6, 6.07) is 3.73. The van der Waals surface area contributed by atoms with Crippen LogP contribution in [0.1, 0.15) is 12.8 Å². The molecule has 1 aromatic rings. The van der Waals surface area contributed by atoms with Crippen LogP contribution in [-0.4, -0.2) is 95.5 Å². The van der Waals surface area contributed by atoms with Crippen LogP contribution in [0, 0.1) is 0 Å². The maximum absolute atomic E-state index is 13.5. The molecule has 0 spiro atoms. The number of sulfone groups is 1. The number of carbonyl (C=O) groups is 1. The Morgan fingerprint density at radius 2 is 2.00 bits per heavy atom. The van der Waals surface area contributed by atoms with Gasteiger partial charge in [-0.05, 0) is 37.6 Å². The molecule has 1 amide bonds. The van der Waals surface area contributed by atoms with E-state index < -0.39 is 25.9 Å². The van der Waals surface area contributed by atoms with Gasteiger partial charge in [0.05, 0.1) is 35.3 Å². The highest BCUT2D eigenvalue weighted by Gasteiger charge is 2.39. The lowest BCUT2D eigenvalue weighted by Crippen LogP contribution is -2.43. The summed E-state index contributed by atoms with van der Waals surface area (Å²) in [5, 5.41) is 2.62. The predicted molar refractivity (Wildman–Crippen MR) is 113 cm³/mol. The van der Waals surface area contributed by atoms with E-state index in [9.17, 15) is 21.6 Å². The second-order valence-electron chi connectivity index (χ2n) is 7.97. The molecule has 0 saturated carbocycles. The second-order valence-corrected chi connectivity index (χ2v) is 12.1. The van der Waals surface area contributed by atoms with E-state index in [0.29, 0.717) is 37.6 Å². The van der Waals surface area contributed by atoms with E-state index in [1.54, 1.807) is 0 Å². The number of hydrogen-bond acceptors (Lipinski definition) is 8. The summed E-state index contributed by atoms with van der Waals surface area (Å²) in [5.74, 6) is -0.136. The normalized spacial score (nSPS) is 23.9. The Morgan fingerprint density at radius 1 is 1.23 bits per heavy atom. The maximum atomic E-state index is 13.5. The van der Waals surface area contributed by atoms with Crippen LogP contribution in [0.15, 0.2) is 23.1 Å². The van der Waals surface area contributed by atoms with E-state index in [2.05, 4.69) is 10.2 Å². The molecule has 2 saturated heterocycles. The van der Waals surface area contributed by atoms with Crippen LogP contribution >= 0.6 is 0 Å². The first-order valence-corrected chi connectivity index (χ1v) is 13.6. The number of benzene rings is 1. The van der Waals surface area contributed by atoms with Crippen molar-refractivity contribution in [1.29, 1.82) is 0 Å². The van der Waals surface area contributed by atoms with Crippen LogP contribution in [-0.2, 0) is 29.4 Å². The lowest BCUT2D eigenvalue weighted by molar-refractivity contribution is -0.118. The summed E-state index contributed by atoms with van der Waals surface area (Å²) in [6.45, 7) is 3.73. The van der Waals surface area contributed by atoms with Gasteiger partial charge in [-0.2, -0.15) is 4.31 Å². The Labute approximate surface area is 182 Å². The van der Waals surface area contributed by atoms with Crippen LogP contribution in [0.2, 0.25) is 0 Å². The van der Waals surface area contributed by atoms with Crippen LogP contribution in [0.4, 0.5) is 5.69 Å². The molecule has 0 aliphatic carbocycles. The highest BCUT2D eigenvalue weighted by molar-refractivity contribution is 7.92. The van der Waals surface area contributed by atoms with E-state index >= 15 is 0 Å². The molecule has 3 aliphatic rings. The molecular formula is C19H27N3O7S2. The molecule has 0 bridgehead atoms. The summed E-state index contributed by atoms with van der Waals surface area (Å²) in [4.78, 5) is 13.8. The fourth-order valence-corrected chi connectivity index (χ4v) is 7.68. The quantitative estimate of drug-likeness (QED) is 0.583. The third-order valence-electron chi connectivity index (χ3n) is 5.76. The number of amides is 1. The van der Waals surface area contributed by atoms with E-state index in [0.717, 1.165) is 13.1 Å². The minimum Gasteiger partial charge on any atom is -0.482 e. The minimum atomic E-state index is -3.97. The molecule has 1 aromatic carbocycles. The van der Waals surface area contributed by atoms with E-state index in [-0.39, 0.29) is 41.9 Å². The van der Waals surface area contributed by atoms with Crippen LogP contribution in [0.25, 0.3) is 0 Å². The van der Waals surface area contributed by atoms with Gasteiger partial charge in [-0.1, -0.05) is 0 Å². The van der Waals surface area contributed by atoms with Gasteiger partial charge in [0.25, 0.3) is 5.91 Å². The number of morpholine rings is 1. The smallest absolute Gasteiger partial charge is 0.262 e. The SMILES string of the molecule is O=C1COc2ccc(S(=O)(=O)N(CCCN3CCOCC3)C3CCS(=O)(=O)C3)cc2N1. The molecule has 10 nitrogen and oxygen atoms in total. The van der Waals surface area contributed by atoms with Crippen molar-refractivity contribution in [3.8, 4) is 5.75 Å². The second kappa shape index (κ2) is 9.02. The number of ether oxygens (including phenoxy) is 2. The van der Waals surface area contributed by atoms with Gasteiger partial charge in [-0.3, -0.25) is 9.69 Å². The summed E-state index contributed by atoms with van der Waals surface area (Å²) in [6.07, 6.45) is 0.866. The van der Waals surface area contributed by atoms with E-state index in [1.165, 1.54) is 22.5 Å². The van der Waals surface area contributed by atoms with Crippen molar-refractivity contribution in [2.45, 2.75) is 23.8 Å². The third-order valence-corrected chi connectivity index (χ3v) is 9.46. The van der Waals surface area contributed by atoms with Crippen molar-refractivity contribution in [3.05, 3.63) is 18.2 Å². The zero-order chi connectivity index (χ0) is 22.1. The third kappa shape index (κ3) is 5.20. The molecule has 3 aliphatic heterocycles. The first-order valence-electron chi connectivity index (χ1n) is 10.3. The largest absolute Gasteiger partial charge is 0.482 e. The van der Waals surface area contributed by atoms with Gasteiger partial charge in [0, 0.05) is 25.7 Å². The molecule has 31 heavy (non-hydrogen) atoms. The van der Waals surface area contributed by atoms with Gasteiger partial charge in [-0.25, -0.2) is 16.8 Å². The highest BCUT2D eigenvalue weighted by atomic mass is 32.2. The van der Waals surface area contributed by atoms with Gasteiger partial charge in [-0.15, -0.1) is 0 Å². The zero-order valence-corrected chi connectivity index (χ0v) is 18.8. The van der Waals surface area contributed by atoms with Crippen molar-refractivity contribution in [3.63, 3.8) is 0 Å². The number of nitrogens with one attached hydrogen (secondary N) is 1. The molecule has 1 N–H and O–H groups in total. The topological polar surface area (TPSA) is 122 Å². The van der Waals surface area contributed by atoms with Crippen LogP contribution in [0.5, 0.6) is 5.75 Å². The van der Waals surface area contributed by atoms with Crippen molar-refractivity contribution in [1.82, 2.24) is 9.21 Å². The number of carbonyl (C=O) groups excluding carboxylic acids is 1. The zero-order valence-electron chi connectivity index (χ0n) is 17.2. The predicted octanol–water partition coefficient (Wildman–Crippen LogP) is -0.0824. The van der Waals surface area contributed by atoms with Crippen molar-refractivity contribution >= 4 is 31.5 Å². The first-order chi connectivity index (χ1) is 14.7. The number of anilines is 1.